The predicted octanol–water partition coefficient (Wildman–Crippen LogP) is 0.423. The van der Waals surface area contributed by atoms with E-state index < -0.39 is 0 Å². The Bertz CT molecular complexity index is 438. The van der Waals surface area contributed by atoms with Gasteiger partial charge in [0.2, 0.25) is 5.88 Å². The van der Waals surface area contributed by atoms with E-state index in [0.717, 1.165) is 5.69 Å². The number of rotatable bonds is 3. The van der Waals surface area contributed by atoms with Crippen molar-refractivity contribution < 1.29 is 14.3 Å². The van der Waals surface area contributed by atoms with E-state index in [9.17, 15) is 4.79 Å². The zero-order valence-corrected chi connectivity index (χ0v) is 10.0. The molecule has 0 aliphatic carbocycles. The lowest BCUT2D eigenvalue weighted by molar-refractivity contribution is -0.119. The molecule has 0 aromatic carbocycles. The molecule has 0 saturated carbocycles. The Kier molecular flexibility index (Phi) is 3.10. The smallest absolute Gasteiger partial charge is 0.241 e. The summed E-state index contributed by atoms with van der Waals surface area (Å²) in [7, 11) is 0. The van der Waals surface area contributed by atoms with Crippen molar-refractivity contribution in [2.45, 2.75) is 18.9 Å². The predicted molar refractivity (Wildman–Crippen MR) is 63.7 cm³/mol. The molecule has 0 atom stereocenters. The number of carbonyl (C=O) groups excluding carboxylic acids is 1. The fourth-order valence-corrected chi connectivity index (χ4v) is 2.06. The fraction of sp³-hybridized carbons (Fsp3) is 0.583. The van der Waals surface area contributed by atoms with Gasteiger partial charge in [0.1, 0.15) is 23.9 Å². The fourth-order valence-electron chi connectivity index (χ4n) is 2.06. The molecule has 0 bridgehead atoms. The molecule has 0 unspecified atom stereocenters. The van der Waals surface area contributed by atoms with Crippen LogP contribution in [0, 0.1) is 0 Å². The first kappa shape index (κ1) is 11.4. The third-order valence-corrected chi connectivity index (χ3v) is 3.21. The summed E-state index contributed by atoms with van der Waals surface area (Å²) in [5.74, 6) is 0.908. The highest BCUT2D eigenvalue weighted by Gasteiger charge is 2.25. The zero-order valence-electron chi connectivity index (χ0n) is 10.0. The van der Waals surface area contributed by atoms with Crippen molar-refractivity contribution in [1.82, 2.24) is 9.97 Å². The summed E-state index contributed by atoms with van der Waals surface area (Å²) in [6.45, 7) is 2.65. The standard InChI is InChI=1S/C12H15N3O3/c16-9-1-3-15(4-2-9)11-5-13-8-14-12(11)18-10-6-17-7-10/h5,8,10H,1-4,6-7H2. The molecular formula is C12H15N3O3. The van der Waals surface area contributed by atoms with Gasteiger partial charge in [-0.25, -0.2) is 4.98 Å². The molecule has 1 aromatic rings. The van der Waals surface area contributed by atoms with Crippen molar-refractivity contribution in [2.75, 3.05) is 31.2 Å². The SMILES string of the molecule is O=C1CCN(c2cncnc2OC2COC2)CC1. The van der Waals surface area contributed by atoms with E-state index in [1.165, 1.54) is 6.33 Å². The Morgan fingerprint density at radius 2 is 2.11 bits per heavy atom. The Balaban J connectivity index is 1.75. The van der Waals surface area contributed by atoms with Crippen molar-refractivity contribution in [3.63, 3.8) is 0 Å². The number of carbonyl (C=O) groups is 1. The third-order valence-electron chi connectivity index (χ3n) is 3.21. The lowest BCUT2D eigenvalue weighted by Crippen LogP contribution is -2.40. The zero-order chi connectivity index (χ0) is 12.4. The quantitative estimate of drug-likeness (QED) is 0.773. The van der Waals surface area contributed by atoms with Gasteiger partial charge in [-0.1, -0.05) is 0 Å². The lowest BCUT2D eigenvalue weighted by Gasteiger charge is -2.31. The summed E-state index contributed by atoms with van der Waals surface area (Å²) in [5, 5.41) is 0. The maximum atomic E-state index is 11.3. The third kappa shape index (κ3) is 2.28. The average molecular weight is 249 g/mol. The first-order valence-corrected chi connectivity index (χ1v) is 6.14. The van der Waals surface area contributed by atoms with Crippen molar-refractivity contribution >= 4 is 11.5 Å². The Labute approximate surface area is 105 Å². The molecule has 2 saturated heterocycles. The Morgan fingerprint density at radius 3 is 2.78 bits per heavy atom. The molecule has 18 heavy (non-hydrogen) atoms. The molecule has 3 heterocycles. The van der Waals surface area contributed by atoms with Gasteiger partial charge in [0.15, 0.2) is 0 Å². The van der Waals surface area contributed by atoms with E-state index in [0.29, 0.717) is 50.8 Å². The number of hydrogen-bond acceptors (Lipinski definition) is 6. The first-order chi connectivity index (χ1) is 8.83. The molecule has 2 aliphatic rings. The molecule has 96 valence electrons. The molecule has 0 spiro atoms. The highest BCUT2D eigenvalue weighted by Crippen LogP contribution is 2.28. The highest BCUT2D eigenvalue weighted by molar-refractivity contribution is 5.81. The van der Waals surface area contributed by atoms with Crippen LogP contribution in [0.1, 0.15) is 12.8 Å². The Morgan fingerprint density at radius 1 is 1.33 bits per heavy atom. The van der Waals surface area contributed by atoms with Crippen LogP contribution >= 0.6 is 0 Å². The van der Waals surface area contributed by atoms with Crippen molar-refractivity contribution in [1.29, 1.82) is 0 Å². The minimum absolute atomic E-state index is 0.0880. The topological polar surface area (TPSA) is 64.6 Å². The van der Waals surface area contributed by atoms with E-state index in [4.69, 9.17) is 9.47 Å². The van der Waals surface area contributed by atoms with E-state index in [-0.39, 0.29) is 6.10 Å². The second kappa shape index (κ2) is 4.89. The van der Waals surface area contributed by atoms with Gasteiger partial charge in [0.05, 0.1) is 19.4 Å². The van der Waals surface area contributed by atoms with Crippen LogP contribution in [0.15, 0.2) is 12.5 Å². The van der Waals surface area contributed by atoms with Crippen LogP contribution in [0.4, 0.5) is 5.69 Å². The second-order valence-electron chi connectivity index (χ2n) is 4.52. The number of aromatic nitrogens is 2. The van der Waals surface area contributed by atoms with E-state index in [2.05, 4.69) is 14.9 Å². The largest absolute Gasteiger partial charge is 0.468 e. The summed E-state index contributed by atoms with van der Waals surface area (Å²) in [5.41, 5.74) is 0.872. The summed E-state index contributed by atoms with van der Waals surface area (Å²) < 4.78 is 10.8. The van der Waals surface area contributed by atoms with Crippen LogP contribution < -0.4 is 9.64 Å². The van der Waals surface area contributed by atoms with Gasteiger partial charge in [0.25, 0.3) is 0 Å². The van der Waals surface area contributed by atoms with Crippen LogP contribution in [0.25, 0.3) is 0 Å². The van der Waals surface area contributed by atoms with E-state index in [1.807, 2.05) is 0 Å². The van der Waals surface area contributed by atoms with Crippen molar-refractivity contribution in [2.24, 2.45) is 0 Å². The van der Waals surface area contributed by atoms with E-state index in [1.54, 1.807) is 6.20 Å². The minimum atomic E-state index is 0.0880. The lowest BCUT2D eigenvalue weighted by atomic mass is 10.1. The number of Topliss-reactive ketones (excluding diaryl/α,β-unsaturated/α-hetero) is 1. The number of hydrogen-bond donors (Lipinski definition) is 0. The van der Waals surface area contributed by atoms with Crippen LogP contribution in [0.2, 0.25) is 0 Å². The normalized spacial score (nSPS) is 20.7. The van der Waals surface area contributed by atoms with Crippen LogP contribution in [0.3, 0.4) is 0 Å². The van der Waals surface area contributed by atoms with Gasteiger partial charge in [-0.05, 0) is 0 Å². The molecule has 6 nitrogen and oxygen atoms in total. The molecule has 0 amide bonds. The van der Waals surface area contributed by atoms with Crippen LogP contribution in [-0.2, 0) is 9.53 Å². The maximum absolute atomic E-state index is 11.3. The van der Waals surface area contributed by atoms with Gasteiger partial charge in [-0.2, -0.15) is 4.98 Å². The molecule has 2 fully saturated rings. The van der Waals surface area contributed by atoms with E-state index >= 15 is 0 Å². The highest BCUT2D eigenvalue weighted by atomic mass is 16.6. The van der Waals surface area contributed by atoms with Gasteiger partial charge in [0, 0.05) is 25.9 Å². The number of anilines is 1. The second-order valence-corrected chi connectivity index (χ2v) is 4.52. The van der Waals surface area contributed by atoms with Gasteiger partial charge in [-0.15, -0.1) is 0 Å². The maximum Gasteiger partial charge on any atom is 0.241 e. The number of nitrogens with zero attached hydrogens (tertiary/aromatic N) is 3. The molecule has 0 N–H and O–H groups in total. The molecule has 1 aromatic heterocycles. The summed E-state index contributed by atoms with van der Waals surface area (Å²) >= 11 is 0. The van der Waals surface area contributed by atoms with Crippen LogP contribution in [0.5, 0.6) is 5.88 Å². The van der Waals surface area contributed by atoms with Gasteiger partial charge in [-0.3, -0.25) is 4.79 Å². The first-order valence-electron chi connectivity index (χ1n) is 6.14. The summed E-state index contributed by atoms with van der Waals surface area (Å²) in [6, 6.07) is 0. The summed E-state index contributed by atoms with van der Waals surface area (Å²) in [4.78, 5) is 21.6. The number of ether oxygens (including phenoxy) is 2. The molecule has 0 radical (unpaired) electrons. The van der Waals surface area contributed by atoms with Gasteiger partial charge < -0.3 is 14.4 Å². The summed E-state index contributed by atoms with van der Waals surface area (Å²) in [6.07, 6.45) is 4.48. The van der Waals surface area contributed by atoms with Crippen molar-refractivity contribution in [3.05, 3.63) is 12.5 Å². The average Bonchev–Trinajstić information content (AvgIpc) is 2.35. The van der Waals surface area contributed by atoms with Crippen LogP contribution in [-0.4, -0.2) is 48.2 Å². The molecular weight excluding hydrogens is 234 g/mol. The minimum Gasteiger partial charge on any atom is -0.468 e. The molecule has 2 aliphatic heterocycles. The van der Waals surface area contributed by atoms with Gasteiger partial charge >= 0.3 is 0 Å². The number of piperidine rings is 1. The monoisotopic (exact) mass is 249 g/mol. The molecule has 3 rings (SSSR count). The number of ketones is 1. The molecule has 6 heteroatoms. The van der Waals surface area contributed by atoms with Crippen molar-refractivity contribution in [3.8, 4) is 5.88 Å². The Hall–Kier alpha value is -1.69.